The maximum absolute atomic E-state index is 12.7. The summed E-state index contributed by atoms with van der Waals surface area (Å²) in [5, 5.41) is -0.381. The van der Waals surface area contributed by atoms with Crippen LogP contribution < -0.4 is 4.72 Å². The molecule has 30 heavy (non-hydrogen) atoms. The zero-order chi connectivity index (χ0) is 22.3. The number of piperidine rings is 1. The molecule has 0 aromatic heterocycles. The Morgan fingerprint density at radius 2 is 1.57 bits per heavy atom. The van der Waals surface area contributed by atoms with Crippen LogP contribution >= 0.6 is 0 Å². The number of hydrogen-bond donors (Lipinski definition) is 1. The van der Waals surface area contributed by atoms with Gasteiger partial charge in [0.2, 0.25) is 15.9 Å². The lowest BCUT2D eigenvalue weighted by atomic mass is 9.87. The Hall–Kier alpha value is -1.45. The van der Waals surface area contributed by atoms with Crippen LogP contribution in [0.4, 0.5) is 0 Å². The van der Waals surface area contributed by atoms with Gasteiger partial charge in [-0.05, 0) is 48.8 Å². The molecule has 0 aliphatic carbocycles. The first-order valence-corrected chi connectivity index (χ1v) is 13.8. The highest BCUT2D eigenvalue weighted by atomic mass is 32.2. The molecule has 2 aliphatic heterocycles. The molecule has 2 fully saturated rings. The number of benzene rings is 1. The number of nitrogens with one attached hydrogen (secondary N) is 1. The predicted molar refractivity (Wildman–Crippen MR) is 116 cm³/mol. The molecule has 2 bridgehead atoms. The summed E-state index contributed by atoms with van der Waals surface area (Å²) in [7, 11) is -6.80. The molecule has 0 saturated carbocycles. The van der Waals surface area contributed by atoms with Crippen molar-refractivity contribution in [2.45, 2.75) is 80.5 Å². The Morgan fingerprint density at radius 3 is 2.03 bits per heavy atom. The normalized spacial score (nSPS) is 24.8. The van der Waals surface area contributed by atoms with Gasteiger partial charge in [-0.2, -0.15) is 0 Å². The molecule has 2 heterocycles. The van der Waals surface area contributed by atoms with Crippen molar-refractivity contribution in [1.82, 2.24) is 9.62 Å². The lowest BCUT2D eigenvalue weighted by molar-refractivity contribution is -0.135. The van der Waals surface area contributed by atoms with Crippen molar-refractivity contribution in [3.05, 3.63) is 29.8 Å². The summed E-state index contributed by atoms with van der Waals surface area (Å²) in [5.74, 6) is -0.111. The molecule has 2 saturated heterocycles. The number of sulfonamides is 1. The van der Waals surface area contributed by atoms with Crippen LogP contribution in [-0.2, 0) is 30.1 Å². The topological polar surface area (TPSA) is 101 Å². The highest BCUT2D eigenvalue weighted by Gasteiger charge is 2.45. The van der Waals surface area contributed by atoms with E-state index in [9.17, 15) is 21.6 Å². The summed E-state index contributed by atoms with van der Waals surface area (Å²) >= 11 is 0. The minimum Gasteiger partial charge on any atom is -0.337 e. The highest BCUT2D eigenvalue weighted by molar-refractivity contribution is 7.91. The second-order valence-corrected chi connectivity index (χ2v) is 13.6. The third kappa shape index (κ3) is 5.06. The van der Waals surface area contributed by atoms with Gasteiger partial charge in [0, 0.05) is 31.3 Å². The fourth-order valence-corrected chi connectivity index (χ4v) is 6.70. The third-order valence-corrected chi connectivity index (χ3v) is 9.32. The number of hydrogen-bond acceptors (Lipinski definition) is 5. The minimum atomic E-state index is -3.69. The first-order chi connectivity index (χ1) is 13.8. The van der Waals surface area contributed by atoms with Gasteiger partial charge in [-0.3, -0.25) is 4.79 Å². The quantitative estimate of drug-likeness (QED) is 0.707. The summed E-state index contributed by atoms with van der Waals surface area (Å²) in [4.78, 5) is 14.7. The van der Waals surface area contributed by atoms with Gasteiger partial charge in [0.1, 0.15) is 9.84 Å². The highest BCUT2D eigenvalue weighted by Crippen LogP contribution is 2.38. The summed E-state index contributed by atoms with van der Waals surface area (Å²) in [6, 6.07) is 6.67. The fraction of sp³-hybridized carbons (Fsp3) is 0.667. The van der Waals surface area contributed by atoms with Crippen LogP contribution in [0.2, 0.25) is 0 Å². The van der Waals surface area contributed by atoms with Crippen LogP contribution in [0.25, 0.3) is 0 Å². The number of nitrogens with zero attached hydrogens (tertiary/aromatic N) is 1. The van der Waals surface area contributed by atoms with Crippen LogP contribution in [0.1, 0.15) is 58.4 Å². The summed E-state index contributed by atoms with van der Waals surface area (Å²) < 4.78 is 51.4. The third-order valence-electron chi connectivity index (χ3n) is 6.24. The van der Waals surface area contributed by atoms with E-state index in [4.69, 9.17) is 0 Å². The minimum absolute atomic E-state index is 0.0215. The number of sulfone groups is 1. The molecular formula is C21H32N2O5S2. The summed E-state index contributed by atoms with van der Waals surface area (Å²) in [5.41, 5.74) is 0.982. The van der Waals surface area contributed by atoms with Gasteiger partial charge >= 0.3 is 0 Å². The Balaban J connectivity index is 1.57. The van der Waals surface area contributed by atoms with Crippen molar-refractivity contribution >= 4 is 25.8 Å². The number of fused-ring (bicyclic) bond motifs is 2. The second-order valence-electron chi connectivity index (χ2n) is 9.53. The van der Waals surface area contributed by atoms with Gasteiger partial charge in [0.15, 0.2) is 0 Å². The van der Waals surface area contributed by atoms with Crippen LogP contribution in [0.3, 0.4) is 0 Å². The van der Waals surface area contributed by atoms with Crippen molar-refractivity contribution in [3.63, 3.8) is 0 Å². The molecule has 168 valence electrons. The molecule has 1 amide bonds. The van der Waals surface area contributed by atoms with E-state index in [-0.39, 0.29) is 46.5 Å². The van der Waals surface area contributed by atoms with Crippen molar-refractivity contribution in [1.29, 1.82) is 0 Å². The first kappa shape index (κ1) is 23.2. The number of amides is 1. The lowest BCUT2D eigenvalue weighted by Gasteiger charge is -2.38. The Kier molecular flexibility index (Phi) is 6.38. The molecule has 0 radical (unpaired) electrons. The van der Waals surface area contributed by atoms with Crippen molar-refractivity contribution < 1.29 is 21.6 Å². The van der Waals surface area contributed by atoms with Crippen LogP contribution in [0.15, 0.2) is 29.2 Å². The molecule has 1 aromatic rings. The number of carbonyl (C=O) groups excluding carboxylic acids is 1. The van der Waals surface area contributed by atoms with Gasteiger partial charge in [-0.1, -0.05) is 32.9 Å². The molecule has 1 aromatic carbocycles. The van der Waals surface area contributed by atoms with Crippen molar-refractivity contribution in [2.75, 3.05) is 12.8 Å². The van der Waals surface area contributed by atoms with Gasteiger partial charge in [0.25, 0.3) is 0 Å². The van der Waals surface area contributed by atoms with Gasteiger partial charge in [-0.15, -0.1) is 0 Å². The molecule has 1 N–H and O–H groups in total. The van der Waals surface area contributed by atoms with Crippen LogP contribution in [0, 0.1) is 0 Å². The standard InChI is InChI=1S/C21H32N2O5S2/c1-21(2,3)15-5-9-18(10-6-15)30(27,28)22-12-11-20(24)23-16-7-8-17(23)14-19(13-16)29(4,25)26/h5-6,9-10,16-17,19,22H,7-8,11-14H2,1-4H3. The van der Waals surface area contributed by atoms with Crippen molar-refractivity contribution in [2.24, 2.45) is 0 Å². The molecule has 2 aliphatic rings. The maximum atomic E-state index is 12.7. The van der Waals surface area contributed by atoms with E-state index in [2.05, 4.69) is 25.5 Å². The Bertz CT molecular complexity index is 981. The first-order valence-electron chi connectivity index (χ1n) is 10.4. The van der Waals surface area contributed by atoms with E-state index in [0.29, 0.717) is 12.8 Å². The largest absolute Gasteiger partial charge is 0.337 e. The Morgan fingerprint density at radius 1 is 1.03 bits per heavy atom. The summed E-state index contributed by atoms with van der Waals surface area (Å²) in [6.45, 7) is 6.21. The van der Waals surface area contributed by atoms with Crippen molar-refractivity contribution in [3.8, 4) is 0 Å². The van der Waals surface area contributed by atoms with Crippen LogP contribution in [0.5, 0.6) is 0 Å². The van der Waals surface area contributed by atoms with Gasteiger partial charge in [-0.25, -0.2) is 21.6 Å². The lowest BCUT2D eigenvalue weighted by Crippen LogP contribution is -2.50. The van der Waals surface area contributed by atoms with E-state index in [1.54, 1.807) is 17.0 Å². The molecule has 3 rings (SSSR count). The number of carbonyl (C=O) groups is 1. The molecular weight excluding hydrogens is 424 g/mol. The molecule has 2 atom stereocenters. The summed E-state index contributed by atoms with van der Waals surface area (Å²) in [6.07, 6.45) is 3.91. The molecule has 9 heteroatoms. The average Bonchev–Trinajstić information content (AvgIpc) is 2.89. The van der Waals surface area contributed by atoms with E-state index in [1.165, 1.54) is 6.26 Å². The van der Waals surface area contributed by atoms with Gasteiger partial charge < -0.3 is 4.90 Å². The maximum Gasteiger partial charge on any atom is 0.240 e. The number of rotatable bonds is 6. The average molecular weight is 457 g/mol. The van der Waals surface area contributed by atoms with Gasteiger partial charge in [0.05, 0.1) is 10.1 Å². The molecule has 7 nitrogen and oxygen atoms in total. The Labute approximate surface area is 180 Å². The zero-order valence-corrected chi connectivity index (χ0v) is 19.7. The van der Waals surface area contributed by atoms with E-state index in [0.717, 1.165) is 18.4 Å². The fourth-order valence-electron chi connectivity index (χ4n) is 4.52. The molecule has 2 unspecified atom stereocenters. The SMILES string of the molecule is CC(C)(C)c1ccc(S(=O)(=O)NCCC(=O)N2C3CCC2CC(S(C)(=O)=O)C3)cc1. The van der Waals surface area contributed by atoms with E-state index < -0.39 is 19.9 Å². The smallest absolute Gasteiger partial charge is 0.240 e. The zero-order valence-electron chi connectivity index (χ0n) is 18.1. The van der Waals surface area contributed by atoms with E-state index >= 15 is 0 Å². The second kappa shape index (κ2) is 8.24. The molecule has 0 spiro atoms. The monoisotopic (exact) mass is 456 g/mol. The van der Waals surface area contributed by atoms with Crippen LogP contribution in [-0.4, -0.2) is 57.8 Å². The predicted octanol–water partition coefficient (Wildman–Crippen LogP) is 2.22. The van der Waals surface area contributed by atoms with E-state index in [1.807, 2.05) is 12.1 Å².